The smallest absolute Gasteiger partial charge is 0.327 e. The van der Waals surface area contributed by atoms with Crippen molar-refractivity contribution in [2.75, 3.05) is 6.61 Å². The van der Waals surface area contributed by atoms with Crippen molar-refractivity contribution >= 4 is 18.0 Å². The monoisotopic (exact) mass is 276 g/mol. The highest BCUT2D eigenvalue weighted by molar-refractivity contribution is 6.11. The van der Waals surface area contributed by atoms with Gasteiger partial charge in [-0.2, -0.15) is 0 Å². The largest absolute Gasteiger partial charge is 0.490 e. The first-order valence-corrected chi connectivity index (χ1v) is 6.06. The summed E-state index contributed by atoms with van der Waals surface area (Å²) >= 11 is 0. The number of carbonyl (C=O) groups is 2. The zero-order chi connectivity index (χ0) is 14.3. The summed E-state index contributed by atoms with van der Waals surface area (Å²) in [7, 11) is 0. The first-order valence-electron chi connectivity index (χ1n) is 6.06. The SMILES string of the molecule is CCOc1cccc2c1OC1(O)NC(=O)NC(=O)C1=C2. The van der Waals surface area contributed by atoms with Crippen LogP contribution in [0.2, 0.25) is 0 Å². The zero-order valence-corrected chi connectivity index (χ0v) is 10.6. The van der Waals surface area contributed by atoms with Gasteiger partial charge in [-0.3, -0.25) is 15.4 Å². The van der Waals surface area contributed by atoms with Crippen LogP contribution < -0.4 is 20.1 Å². The number of imide groups is 1. The van der Waals surface area contributed by atoms with Gasteiger partial charge in [0.15, 0.2) is 11.5 Å². The van der Waals surface area contributed by atoms with E-state index in [4.69, 9.17) is 9.47 Å². The second kappa shape index (κ2) is 4.24. The Bertz CT molecular complexity index is 640. The van der Waals surface area contributed by atoms with E-state index in [1.165, 1.54) is 6.08 Å². The Balaban J connectivity index is 2.12. The van der Waals surface area contributed by atoms with Crippen molar-refractivity contribution in [2.24, 2.45) is 0 Å². The van der Waals surface area contributed by atoms with Gasteiger partial charge in [0.1, 0.15) is 5.57 Å². The lowest BCUT2D eigenvalue weighted by Crippen LogP contribution is -2.65. The van der Waals surface area contributed by atoms with E-state index in [1.54, 1.807) is 18.2 Å². The third-order valence-corrected chi connectivity index (χ3v) is 2.98. The second-order valence-corrected chi connectivity index (χ2v) is 4.32. The standard InChI is InChI=1S/C13H12N2O5/c1-2-19-9-5-3-4-7-6-8-11(16)14-12(17)15-13(8,18)20-10(7)9/h3-6,18H,2H2,1H3,(H2,14,15,16,17). The van der Waals surface area contributed by atoms with E-state index in [-0.39, 0.29) is 11.3 Å². The van der Waals surface area contributed by atoms with E-state index in [9.17, 15) is 14.7 Å². The number of hydrogen-bond donors (Lipinski definition) is 3. The number of fused-ring (bicyclic) bond motifs is 2. The van der Waals surface area contributed by atoms with Gasteiger partial charge in [-0.1, -0.05) is 12.1 Å². The number of urea groups is 1. The van der Waals surface area contributed by atoms with Crippen molar-refractivity contribution < 1.29 is 24.2 Å². The summed E-state index contributed by atoms with van der Waals surface area (Å²) in [5.41, 5.74) is 0.500. The Kier molecular flexibility index (Phi) is 2.65. The van der Waals surface area contributed by atoms with Gasteiger partial charge in [0.25, 0.3) is 5.91 Å². The van der Waals surface area contributed by atoms with E-state index in [2.05, 4.69) is 5.32 Å². The van der Waals surface area contributed by atoms with Crippen molar-refractivity contribution in [3.8, 4) is 11.5 Å². The fourth-order valence-electron chi connectivity index (χ4n) is 2.15. The lowest BCUT2D eigenvalue weighted by Gasteiger charge is -2.37. The number of amides is 3. The molecule has 7 nitrogen and oxygen atoms in total. The topological polar surface area (TPSA) is 96.9 Å². The Labute approximate surface area is 114 Å². The highest BCUT2D eigenvalue weighted by atomic mass is 16.7. The van der Waals surface area contributed by atoms with Crippen LogP contribution in [-0.2, 0) is 4.79 Å². The van der Waals surface area contributed by atoms with Crippen molar-refractivity contribution in [3.63, 3.8) is 0 Å². The van der Waals surface area contributed by atoms with Crippen molar-refractivity contribution in [1.82, 2.24) is 10.6 Å². The van der Waals surface area contributed by atoms with Crippen LogP contribution in [-0.4, -0.2) is 29.6 Å². The summed E-state index contributed by atoms with van der Waals surface area (Å²) in [5.74, 6) is -2.19. The van der Waals surface area contributed by atoms with Crippen molar-refractivity contribution in [2.45, 2.75) is 12.8 Å². The number of ether oxygens (including phenoxy) is 2. The lowest BCUT2D eigenvalue weighted by atomic mass is 10.0. The summed E-state index contributed by atoms with van der Waals surface area (Å²) in [5, 5.41) is 14.6. The molecule has 0 saturated carbocycles. The van der Waals surface area contributed by atoms with E-state index < -0.39 is 17.8 Å². The normalized spacial score (nSPS) is 23.6. The fraction of sp³-hybridized carbons (Fsp3) is 0.231. The number of carbonyl (C=O) groups excluding carboxylic acids is 2. The molecule has 1 unspecified atom stereocenters. The van der Waals surface area contributed by atoms with Gasteiger partial charge in [-0.25, -0.2) is 4.79 Å². The van der Waals surface area contributed by atoms with E-state index >= 15 is 0 Å². The molecule has 1 aromatic rings. The Morgan fingerprint density at radius 2 is 2.20 bits per heavy atom. The first-order chi connectivity index (χ1) is 9.53. The number of hydrogen-bond acceptors (Lipinski definition) is 5. The van der Waals surface area contributed by atoms with Gasteiger partial charge >= 0.3 is 11.9 Å². The lowest BCUT2D eigenvalue weighted by molar-refractivity contribution is -0.145. The van der Waals surface area contributed by atoms with Crippen LogP contribution in [0.15, 0.2) is 23.8 Å². The average molecular weight is 276 g/mol. The summed E-state index contributed by atoms with van der Waals surface area (Å²) in [6.45, 7) is 2.23. The van der Waals surface area contributed by atoms with Crippen molar-refractivity contribution in [3.05, 3.63) is 29.3 Å². The number of benzene rings is 1. The third kappa shape index (κ3) is 1.79. The molecule has 0 bridgehead atoms. The molecule has 20 heavy (non-hydrogen) atoms. The van der Waals surface area contributed by atoms with E-state index in [1.807, 2.05) is 12.2 Å². The molecular weight excluding hydrogens is 264 g/mol. The number of aliphatic hydroxyl groups is 1. The molecule has 0 spiro atoms. The van der Waals surface area contributed by atoms with Crippen LogP contribution in [0.25, 0.3) is 6.08 Å². The first kappa shape index (κ1) is 12.5. The summed E-state index contributed by atoms with van der Waals surface area (Å²) in [4.78, 5) is 23.1. The van der Waals surface area contributed by atoms with Gasteiger partial charge in [0, 0.05) is 5.56 Å². The van der Waals surface area contributed by atoms with Gasteiger partial charge < -0.3 is 14.6 Å². The highest BCUT2D eigenvalue weighted by Gasteiger charge is 2.48. The van der Waals surface area contributed by atoms with Gasteiger partial charge in [0.05, 0.1) is 6.61 Å². The average Bonchev–Trinajstić information content (AvgIpc) is 2.37. The maximum absolute atomic E-state index is 11.8. The molecule has 2 aliphatic heterocycles. The Hall–Kier alpha value is -2.54. The van der Waals surface area contributed by atoms with Crippen LogP contribution in [0.5, 0.6) is 11.5 Å². The van der Waals surface area contributed by atoms with Crippen LogP contribution in [0.1, 0.15) is 12.5 Å². The van der Waals surface area contributed by atoms with Crippen LogP contribution in [0.4, 0.5) is 4.79 Å². The van der Waals surface area contributed by atoms with Gasteiger partial charge in [-0.05, 0) is 19.1 Å². The predicted molar refractivity (Wildman–Crippen MR) is 67.8 cm³/mol. The molecule has 3 N–H and O–H groups in total. The molecule has 3 rings (SSSR count). The fourth-order valence-corrected chi connectivity index (χ4v) is 2.15. The molecule has 0 aromatic heterocycles. The molecule has 1 atom stereocenters. The molecule has 7 heteroatoms. The molecule has 1 aromatic carbocycles. The molecule has 1 fully saturated rings. The summed E-state index contributed by atoms with van der Waals surface area (Å²) in [6, 6.07) is 4.31. The second-order valence-electron chi connectivity index (χ2n) is 4.32. The molecule has 0 aliphatic carbocycles. The highest BCUT2D eigenvalue weighted by Crippen LogP contribution is 2.40. The Morgan fingerprint density at radius 1 is 1.40 bits per heavy atom. The Morgan fingerprint density at radius 3 is 2.95 bits per heavy atom. The summed E-state index contributed by atoms with van der Waals surface area (Å²) < 4.78 is 10.8. The third-order valence-electron chi connectivity index (χ3n) is 2.98. The van der Waals surface area contributed by atoms with Crippen LogP contribution >= 0.6 is 0 Å². The van der Waals surface area contributed by atoms with Gasteiger partial charge in [-0.15, -0.1) is 0 Å². The van der Waals surface area contributed by atoms with E-state index in [0.29, 0.717) is 17.9 Å². The quantitative estimate of drug-likeness (QED) is 0.724. The zero-order valence-electron chi connectivity index (χ0n) is 10.6. The minimum Gasteiger partial charge on any atom is -0.490 e. The summed E-state index contributed by atoms with van der Waals surface area (Å²) in [6.07, 6.45) is 1.45. The van der Waals surface area contributed by atoms with Crippen LogP contribution in [0, 0.1) is 0 Å². The molecule has 104 valence electrons. The molecule has 1 saturated heterocycles. The molecule has 3 amide bonds. The van der Waals surface area contributed by atoms with E-state index in [0.717, 1.165) is 0 Å². The molecule has 2 aliphatic rings. The van der Waals surface area contributed by atoms with Crippen molar-refractivity contribution in [1.29, 1.82) is 0 Å². The minimum atomic E-state index is -2.18. The molecule has 2 heterocycles. The number of nitrogens with one attached hydrogen (secondary N) is 2. The van der Waals surface area contributed by atoms with Gasteiger partial charge in [0.2, 0.25) is 0 Å². The maximum atomic E-state index is 11.8. The number of rotatable bonds is 2. The number of para-hydroxylation sites is 1. The predicted octanol–water partition coefficient (Wildman–Crippen LogP) is 0.347. The minimum absolute atomic E-state index is 0.0850. The molecular formula is C13H12N2O5. The molecule has 0 radical (unpaired) electrons. The van der Waals surface area contributed by atoms with Crippen LogP contribution in [0.3, 0.4) is 0 Å². The maximum Gasteiger partial charge on any atom is 0.327 e.